The number of hydrogen-bond acceptors (Lipinski definition) is 4. The number of rotatable bonds is 7. The summed E-state index contributed by atoms with van der Waals surface area (Å²) in [6.07, 6.45) is 0. The summed E-state index contributed by atoms with van der Waals surface area (Å²) in [6, 6.07) is 80.3. The molecule has 2 aromatic heterocycles. The molecule has 3 heterocycles. The maximum absolute atomic E-state index is 6.08. The monoisotopic (exact) mass is 807 g/mol. The van der Waals surface area contributed by atoms with Crippen molar-refractivity contribution in [2.75, 3.05) is 0 Å². The molecule has 1 aliphatic heterocycles. The Hall–Kier alpha value is -7.99. The number of nitrogens with zero attached hydrogens (tertiary/aromatic N) is 3. The zero-order chi connectivity index (χ0) is 41.0. The van der Waals surface area contributed by atoms with Crippen LogP contribution in [-0.2, 0) is 0 Å². The van der Waals surface area contributed by atoms with Gasteiger partial charge in [-0.05, 0) is 72.3 Å². The summed E-state index contributed by atoms with van der Waals surface area (Å²) < 4.78 is 6.08. The molecular formula is C57H37N3OSi. The Morgan fingerprint density at radius 2 is 0.694 bits per heavy atom. The van der Waals surface area contributed by atoms with Gasteiger partial charge in [0.1, 0.15) is 11.2 Å². The highest BCUT2D eigenvalue weighted by Gasteiger charge is 2.48. The molecule has 62 heavy (non-hydrogen) atoms. The van der Waals surface area contributed by atoms with Crippen LogP contribution in [0.1, 0.15) is 0 Å². The van der Waals surface area contributed by atoms with Crippen LogP contribution in [0.3, 0.4) is 0 Å². The number of aromatic nitrogens is 3. The minimum absolute atomic E-state index is 0.628. The fourth-order valence-corrected chi connectivity index (χ4v) is 14.7. The van der Waals surface area contributed by atoms with Crippen LogP contribution in [0.4, 0.5) is 0 Å². The summed E-state index contributed by atoms with van der Waals surface area (Å²) in [4.78, 5) is 15.1. The Balaban J connectivity index is 0.883. The van der Waals surface area contributed by atoms with E-state index in [4.69, 9.17) is 19.4 Å². The lowest BCUT2D eigenvalue weighted by atomic mass is 10.0. The number of hydrogen-bond donors (Lipinski definition) is 0. The molecule has 290 valence electrons. The normalized spacial score (nSPS) is 12.6. The van der Waals surface area contributed by atoms with Crippen LogP contribution in [0.25, 0.3) is 89.5 Å². The molecule has 0 fully saturated rings. The number of benzene rings is 9. The Bertz CT molecular complexity index is 3390. The maximum Gasteiger partial charge on any atom is 0.180 e. The van der Waals surface area contributed by atoms with Gasteiger partial charge in [0.05, 0.1) is 0 Å². The van der Waals surface area contributed by atoms with Crippen LogP contribution in [0.5, 0.6) is 0 Å². The molecule has 0 atom stereocenters. The average molecular weight is 808 g/mol. The number of para-hydroxylation sites is 1. The summed E-state index contributed by atoms with van der Waals surface area (Å²) in [5.41, 5.74) is 11.8. The van der Waals surface area contributed by atoms with Crippen molar-refractivity contribution in [2.45, 2.75) is 0 Å². The van der Waals surface area contributed by atoms with Crippen molar-refractivity contribution in [3.05, 3.63) is 224 Å². The molecule has 0 N–H and O–H groups in total. The first kappa shape index (κ1) is 35.9. The highest BCUT2D eigenvalue weighted by molar-refractivity contribution is 7.22. The molecular weight excluding hydrogens is 771 g/mol. The van der Waals surface area contributed by atoms with E-state index in [1.54, 1.807) is 0 Å². The lowest BCUT2D eigenvalue weighted by molar-refractivity contribution is 0.669. The lowest BCUT2D eigenvalue weighted by Crippen LogP contribution is -2.72. The second-order valence-electron chi connectivity index (χ2n) is 15.9. The van der Waals surface area contributed by atoms with E-state index in [-0.39, 0.29) is 0 Å². The van der Waals surface area contributed by atoms with E-state index < -0.39 is 8.07 Å². The maximum atomic E-state index is 6.08. The third-order valence-electron chi connectivity index (χ3n) is 12.5. The second kappa shape index (κ2) is 14.6. The van der Waals surface area contributed by atoms with Gasteiger partial charge in [0.15, 0.2) is 25.5 Å². The van der Waals surface area contributed by atoms with Gasteiger partial charge >= 0.3 is 0 Å². The SMILES string of the molecule is c1ccc(-c2nc(-c3ccc(-c4ccc([Si]5(c6ccccc6)c6ccccc6-c6ccccc65)cc4)cc3)nc(-c3ccc(-c4ccc5oc6ccccc6c5c4)cc3)n2)cc1. The van der Waals surface area contributed by atoms with E-state index in [0.29, 0.717) is 17.5 Å². The van der Waals surface area contributed by atoms with Gasteiger partial charge in [-0.3, -0.25) is 0 Å². The van der Waals surface area contributed by atoms with Crippen molar-refractivity contribution in [3.8, 4) is 67.5 Å². The molecule has 0 spiro atoms. The molecule has 1 aliphatic rings. The number of fused-ring (bicyclic) bond motifs is 6. The zero-order valence-corrected chi connectivity index (χ0v) is 34.6. The van der Waals surface area contributed by atoms with Crippen molar-refractivity contribution in [1.29, 1.82) is 0 Å². The van der Waals surface area contributed by atoms with E-state index in [2.05, 4.69) is 182 Å². The van der Waals surface area contributed by atoms with Gasteiger partial charge in [-0.15, -0.1) is 0 Å². The molecule has 9 aromatic carbocycles. The quantitative estimate of drug-likeness (QED) is 0.151. The van der Waals surface area contributed by atoms with Crippen LogP contribution < -0.4 is 20.7 Å². The average Bonchev–Trinajstić information content (AvgIpc) is 3.88. The van der Waals surface area contributed by atoms with E-state index >= 15 is 0 Å². The smallest absolute Gasteiger partial charge is 0.180 e. The molecule has 0 aliphatic carbocycles. The van der Waals surface area contributed by atoms with Gasteiger partial charge in [-0.2, -0.15) is 0 Å². The Morgan fingerprint density at radius 3 is 1.29 bits per heavy atom. The lowest BCUT2D eigenvalue weighted by Gasteiger charge is -2.31. The summed E-state index contributed by atoms with van der Waals surface area (Å²) in [5.74, 6) is 1.90. The first-order valence-electron chi connectivity index (χ1n) is 21.0. The van der Waals surface area contributed by atoms with E-state index in [1.165, 1.54) is 37.4 Å². The molecule has 5 heteroatoms. The molecule has 0 amide bonds. The Labute approximate surface area is 360 Å². The summed E-state index contributed by atoms with van der Waals surface area (Å²) in [5, 5.41) is 7.92. The molecule has 11 aromatic rings. The van der Waals surface area contributed by atoms with E-state index in [1.807, 2.05) is 42.5 Å². The van der Waals surface area contributed by atoms with Crippen molar-refractivity contribution in [1.82, 2.24) is 15.0 Å². The highest BCUT2D eigenvalue weighted by Crippen LogP contribution is 2.34. The zero-order valence-electron chi connectivity index (χ0n) is 33.6. The topological polar surface area (TPSA) is 51.8 Å². The van der Waals surface area contributed by atoms with Crippen molar-refractivity contribution in [3.63, 3.8) is 0 Å². The Kier molecular flexibility index (Phi) is 8.47. The standard InChI is InChI=1S/C57H37N3OSi/c1-3-13-41(14-4-1)55-58-56(60-57(59-55)43-29-25-40(26-30-43)44-33-36-52-50(37-44)47-17-7-10-20-51(47)61-52)42-27-23-38(24-28-42)39-31-34-46(35-32-39)62(45-15-5-2-6-16-45)53-21-11-8-18-48(53)49-19-9-12-22-54(49)62/h1-37H. The van der Waals surface area contributed by atoms with E-state index in [0.717, 1.165) is 55.3 Å². The molecule has 0 radical (unpaired) electrons. The molecule has 12 rings (SSSR count). The van der Waals surface area contributed by atoms with Gasteiger partial charge in [0, 0.05) is 27.5 Å². The van der Waals surface area contributed by atoms with Crippen LogP contribution in [-0.4, -0.2) is 23.0 Å². The van der Waals surface area contributed by atoms with Crippen molar-refractivity contribution in [2.24, 2.45) is 0 Å². The third-order valence-corrected chi connectivity index (χ3v) is 17.4. The second-order valence-corrected chi connectivity index (χ2v) is 19.7. The largest absolute Gasteiger partial charge is 0.456 e. The van der Waals surface area contributed by atoms with Crippen LogP contribution in [0, 0.1) is 0 Å². The summed E-state index contributed by atoms with van der Waals surface area (Å²) >= 11 is 0. The first-order chi connectivity index (χ1) is 30.7. The van der Waals surface area contributed by atoms with Crippen LogP contribution in [0.2, 0.25) is 0 Å². The number of furan rings is 1. The molecule has 0 unspecified atom stereocenters. The molecule has 0 bridgehead atoms. The van der Waals surface area contributed by atoms with Gasteiger partial charge in [0.2, 0.25) is 0 Å². The van der Waals surface area contributed by atoms with Gasteiger partial charge < -0.3 is 4.42 Å². The summed E-state index contributed by atoms with van der Waals surface area (Å²) in [7, 11) is -2.53. The fraction of sp³-hybridized carbons (Fsp3) is 0. The highest BCUT2D eigenvalue weighted by atomic mass is 28.3. The van der Waals surface area contributed by atoms with Crippen molar-refractivity contribution >= 4 is 50.8 Å². The minimum Gasteiger partial charge on any atom is -0.456 e. The third kappa shape index (κ3) is 5.86. The Morgan fingerprint density at radius 1 is 0.290 bits per heavy atom. The molecule has 0 saturated heterocycles. The van der Waals surface area contributed by atoms with Gasteiger partial charge in [-0.25, -0.2) is 15.0 Å². The van der Waals surface area contributed by atoms with Crippen LogP contribution >= 0.6 is 0 Å². The van der Waals surface area contributed by atoms with Crippen molar-refractivity contribution < 1.29 is 4.42 Å². The first-order valence-corrected chi connectivity index (χ1v) is 23.0. The summed E-state index contributed by atoms with van der Waals surface area (Å²) in [6.45, 7) is 0. The predicted molar refractivity (Wildman–Crippen MR) is 257 cm³/mol. The van der Waals surface area contributed by atoms with Gasteiger partial charge in [0.25, 0.3) is 0 Å². The minimum atomic E-state index is -2.53. The molecule has 0 saturated carbocycles. The van der Waals surface area contributed by atoms with Gasteiger partial charge in [-0.1, -0.05) is 206 Å². The van der Waals surface area contributed by atoms with Crippen LogP contribution in [0.15, 0.2) is 229 Å². The fourth-order valence-electron chi connectivity index (χ4n) is 9.50. The van der Waals surface area contributed by atoms with E-state index in [9.17, 15) is 0 Å². The molecule has 4 nitrogen and oxygen atoms in total. The predicted octanol–water partition coefficient (Wildman–Crippen LogP) is 11.5.